The summed E-state index contributed by atoms with van der Waals surface area (Å²) in [5.41, 5.74) is 2.65. The number of aryl methyl sites for hydroxylation is 1. The molecule has 0 aliphatic heterocycles. The van der Waals surface area contributed by atoms with Crippen molar-refractivity contribution in [3.63, 3.8) is 0 Å². The highest BCUT2D eigenvalue weighted by atomic mass is 16.5. The summed E-state index contributed by atoms with van der Waals surface area (Å²) < 4.78 is 5.67. The van der Waals surface area contributed by atoms with Crippen molar-refractivity contribution in [2.24, 2.45) is 0 Å². The molecule has 0 heterocycles. The molecule has 2 aromatic carbocycles. The Bertz CT molecular complexity index is 510. The average molecular weight is 269 g/mol. The van der Waals surface area contributed by atoms with Crippen LogP contribution < -0.4 is 10.1 Å². The van der Waals surface area contributed by atoms with E-state index in [1.807, 2.05) is 30.3 Å². The van der Waals surface area contributed by atoms with Crippen molar-refractivity contribution < 1.29 is 4.74 Å². The Morgan fingerprint density at radius 3 is 2.60 bits per heavy atom. The van der Waals surface area contributed by atoms with Crippen LogP contribution in [0, 0.1) is 6.92 Å². The summed E-state index contributed by atoms with van der Waals surface area (Å²) in [4.78, 5) is 0. The van der Waals surface area contributed by atoms with E-state index in [-0.39, 0.29) is 0 Å². The summed E-state index contributed by atoms with van der Waals surface area (Å²) in [6, 6.07) is 19.0. The van der Waals surface area contributed by atoms with E-state index in [0.29, 0.717) is 6.04 Å². The zero-order valence-electron chi connectivity index (χ0n) is 12.3. The molecular formula is C18H23NO. The predicted molar refractivity (Wildman–Crippen MR) is 84.2 cm³/mol. The number of para-hydroxylation sites is 1. The minimum Gasteiger partial charge on any atom is -0.494 e. The number of benzene rings is 2. The molecule has 0 saturated carbocycles. The molecule has 0 fully saturated rings. The molecule has 1 N–H and O–H groups in total. The summed E-state index contributed by atoms with van der Waals surface area (Å²) in [6.45, 7) is 6.04. The molecule has 2 rings (SSSR count). The third-order valence-electron chi connectivity index (χ3n) is 3.33. The Labute approximate surface area is 121 Å². The molecule has 0 aromatic heterocycles. The molecule has 0 radical (unpaired) electrons. The number of rotatable bonds is 7. The van der Waals surface area contributed by atoms with Crippen molar-refractivity contribution >= 4 is 0 Å². The minimum absolute atomic E-state index is 0.381. The fraction of sp³-hybridized carbons (Fsp3) is 0.333. The molecular weight excluding hydrogens is 246 g/mol. The molecule has 2 heteroatoms. The maximum absolute atomic E-state index is 5.67. The van der Waals surface area contributed by atoms with Crippen molar-refractivity contribution in [2.45, 2.75) is 26.3 Å². The summed E-state index contributed by atoms with van der Waals surface area (Å²) >= 11 is 0. The van der Waals surface area contributed by atoms with Crippen LogP contribution in [0.5, 0.6) is 5.75 Å². The summed E-state index contributed by atoms with van der Waals surface area (Å²) in [5, 5.41) is 3.53. The van der Waals surface area contributed by atoms with E-state index >= 15 is 0 Å². The second kappa shape index (κ2) is 7.71. The number of hydrogen-bond acceptors (Lipinski definition) is 2. The molecule has 0 amide bonds. The Hall–Kier alpha value is -1.80. The van der Waals surface area contributed by atoms with Gasteiger partial charge >= 0.3 is 0 Å². The lowest BCUT2D eigenvalue weighted by atomic mass is 10.1. The molecule has 1 atom stereocenters. The fourth-order valence-corrected chi connectivity index (χ4v) is 2.15. The maximum Gasteiger partial charge on any atom is 0.119 e. The summed E-state index contributed by atoms with van der Waals surface area (Å²) in [5.74, 6) is 0.944. The minimum atomic E-state index is 0.381. The van der Waals surface area contributed by atoms with Gasteiger partial charge in [0.2, 0.25) is 0 Å². The van der Waals surface area contributed by atoms with Crippen molar-refractivity contribution in [2.75, 3.05) is 13.2 Å². The Morgan fingerprint density at radius 2 is 1.85 bits per heavy atom. The molecule has 0 unspecified atom stereocenters. The average Bonchev–Trinajstić information content (AvgIpc) is 2.48. The second-order valence-corrected chi connectivity index (χ2v) is 5.11. The lowest BCUT2D eigenvalue weighted by Crippen LogP contribution is -2.21. The van der Waals surface area contributed by atoms with E-state index in [1.54, 1.807) is 0 Å². The third-order valence-corrected chi connectivity index (χ3v) is 3.33. The van der Waals surface area contributed by atoms with Gasteiger partial charge in [-0.15, -0.1) is 0 Å². The van der Waals surface area contributed by atoms with Crippen LogP contribution in [0.15, 0.2) is 54.6 Å². The Balaban J connectivity index is 1.66. The van der Waals surface area contributed by atoms with Crippen LogP contribution in [0.4, 0.5) is 0 Å². The van der Waals surface area contributed by atoms with Crippen molar-refractivity contribution in [1.82, 2.24) is 5.32 Å². The van der Waals surface area contributed by atoms with Crippen LogP contribution in [0.3, 0.4) is 0 Å². The van der Waals surface area contributed by atoms with Gasteiger partial charge in [-0.25, -0.2) is 0 Å². The molecule has 0 bridgehead atoms. The van der Waals surface area contributed by atoms with Gasteiger partial charge in [-0.3, -0.25) is 0 Å². The fourth-order valence-electron chi connectivity index (χ4n) is 2.15. The highest BCUT2D eigenvalue weighted by Crippen LogP contribution is 2.13. The first-order valence-electron chi connectivity index (χ1n) is 7.23. The molecule has 0 aliphatic rings. The topological polar surface area (TPSA) is 21.3 Å². The number of hydrogen-bond donors (Lipinski definition) is 1. The molecule has 0 aliphatic carbocycles. The van der Waals surface area contributed by atoms with Crippen LogP contribution in [0.2, 0.25) is 0 Å². The molecule has 106 valence electrons. The van der Waals surface area contributed by atoms with Gasteiger partial charge in [0.15, 0.2) is 0 Å². The van der Waals surface area contributed by atoms with Gasteiger partial charge < -0.3 is 10.1 Å². The number of ether oxygens (including phenoxy) is 1. The van der Waals surface area contributed by atoms with Gasteiger partial charge in [0.1, 0.15) is 5.75 Å². The zero-order chi connectivity index (χ0) is 14.2. The first-order chi connectivity index (χ1) is 9.75. The largest absolute Gasteiger partial charge is 0.494 e. The van der Waals surface area contributed by atoms with E-state index in [0.717, 1.165) is 25.3 Å². The second-order valence-electron chi connectivity index (χ2n) is 5.11. The van der Waals surface area contributed by atoms with Gasteiger partial charge in [-0.2, -0.15) is 0 Å². The lowest BCUT2D eigenvalue weighted by molar-refractivity contribution is 0.305. The van der Waals surface area contributed by atoms with Crippen LogP contribution in [-0.4, -0.2) is 13.2 Å². The normalized spacial score (nSPS) is 12.1. The SMILES string of the molecule is Cc1cccc([C@H](C)NCCCOc2ccccc2)c1. The molecule has 0 spiro atoms. The van der Waals surface area contributed by atoms with Crippen LogP contribution in [0.25, 0.3) is 0 Å². The van der Waals surface area contributed by atoms with Gasteiger partial charge in [-0.1, -0.05) is 48.0 Å². The highest BCUT2D eigenvalue weighted by molar-refractivity contribution is 5.24. The first-order valence-corrected chi connectivity index (χ1v) is 7.23. The van der Waals surface area contributed by atoms with Crippen molar-refractivity contribution in [3.05, 3.63) is 65.7 Å². The van der Waals surface area contributed by atoms with Gasteiger partial charge in [0.05, 0.1) is 6.61 Å². The van der Waals surface area contributed by atoms with Gasteiger partial charge in [-0.05, 0) is 44.5 Å². The highest BCUT2D eigenvalue weighted by Gasteiger charge is 2.03. The smallest absolute Gasteiger partial charge is 0.119 e. The Kier molecular flexibility index (Phi) is 5.63. The lowest BCUT2D eigenvalue weighted by Gasteiger charge is -2.15. The van der Waals surface area contributed by atoms with E-state index in [9.17, 15) is 0 Å². The molecule has 2 nitrogen and oxygen atoms in total. The van der Waals surface area contributed by atoms with Gasteiger partial charge in [0, 0.05) is 6.04 Å². The summed E-state index contributed by atoms with van der Waals surface area (Å²) in [6.07, 6.45) is 1.01. The maximum atomic E-state index is 5.67. The van der Waals surface area contributed by atoms with Crippen molar-refractivity contribution in [1.29, 1.82) is 0 Å². The monoisotopic (exact) mass is 269 g/mol. The third kappa shape index (κ3) is 4.71. The van der Waals surface area contributed by atoms with Crippen LogP contribution in [0.1, 0.15) is 30.5 Å². The van der Waals surface area contributed by atoms with Crippen molar-refractivity contribution in [3.8, 4) is 5.75 Å². The van der Waals surface area contributed by atoms with Gasteiger partial charge in [0.25, 0.3) is 0 Å². The standard InChI is InChI=1S/C18H23NO/c1-15-8-6-9-17(14-15)16(2)19-12-7-13-20-18-10-4-3-5-11-18/h3-6,8-11,14,16,19H,7,12-13H2,1-2H3/t16-/m0/s1. The zero-order valence-corrected chi connectivity index (χ0v) is 12.3. The van der Waals surface area contributed by atoms with E-state index in [1.165, 1.54) is 11.1 Å². The van der Waals surface area contributed by atoms with E-state index in [2.05, 4.69) is 43.4 Å². The first kappa shape index (κ1) is 14.6. The van der Waals surface area contributed by atoms with E-state index < -0.39 is 0 Å². The predicted octanol–water partition coefficient (Wildman–Crippen LogP) is 4.11. The number of nitrogens with one attached hydrogen (secondary N) is 1. The van der Waals surface area contributed by atoms with E-state index in [4.69, 9.17) is 4.74 Å². The molecule has 20 heavy (non-hydrogen) atoms. The molecule has 2 aromatic rings. The quantitative estimate of drug-likeness (QED) is 0.764. The summed E-state index contributed by atoms with van der Waals surface area (Å²) in [7, 11) is 0. The molecule has 0 saturated heterocycles. The Morgan fingerprint density at radius 1 is 1.05 bits per heavy atom. The van der Waals surface area contributed by atoms with Crippen LogP contribution >= 0.6 is 0 Å². The van der Waals surface area contributed by atoms with Crippen LogP contribution in [-0.2, 0) is 0 Å².